The molecule has 0 spiro atoms. The molecule has 0 radical (unpaired) electrons. The lowest BCUT2D eigenvalue weighted by molar-refractivity contribution is -0.113. The second-order valence-corrected chi connectivity index (χ2v) is 8.31. The fraction of sp³-hybridized carbons (Fsp3) is 0.227. The van der Waals surface area contributed by atoms with E-state index >= 15 is 0 Å². The smallest absolute Gasteiger partial charge is 0.278 e. The summed E-state index contributed by atoms with van der Waals surface area (Å²) >= 11 is 7.11. The lowest BCUT2D eigenvalue weighted by Gasteiger charge is -2.11. The van der Waals surface area contributed by atoms with Gasteiger partial charge < -0.3 is 14.6 Å². The van der Waals surface area contributed by atoms with E-state index in [-0.39, 0.29) is 17.2 Å². The molecule has 9 heteroatoms. The molecule has 0 bridgehead atoms. The molecule has 0 saturated carbocycles. The van der Waals surface area contributed by atoms with Crippen LogP contribution in [0.3, 0.4) is 0 Å². The zero-order valence-corrected chi connectivity index (χ0v) is 18.9. The number of fused-ring (bicyclic) bond motifs is 3. The molecule has 4 rings (SSSR count). The van der Waals surface area contributed by atoms with Crippen molar-refractivity contribution in [1.29, 1.82) is 0 Å². The number of amides is 1. The van der Waals surface area contributed by atoms with Gasteiger partial charge in [0.1, 0.15) is 16.8 Å². The van der Waals surface area contributed by atoms with Gasteiger partial charge >= 0.3 is 0 Å². The van der Waals surface area contributed by atoms with E-state index < -0.39 is 0 Å². The summed E-state index contributed by atoms with van der Waals surface area (Å²) in [6.45, 7) is 2.34. The first-order chi connectivity index (χ1) is 14.9. The fourth-order valence-corrected chi connectivity index (χ4v) is 4.49. The summed E-state index contributed by atoms with van der Waals surface area (Å²) in [6.07, 6.45) is 0. The molecule has 160 valence electrons. The first kappa shape index (κ1) is 21.3. The van der Waals surface area contributed by atoms with Crippen molar-refractivity contribution in [2.75, 3.05) is 18.2 Å². The lowest BCUT2D eigenvalue weighted by atomic mass is 10.2. The van der Waals surface area contributed by atoms with Gasteiger partial charge in [-0.25, -0.2) is 4.98 Å². The van der Waals surface area contributed by atoms with Crippen LogP contribution in [0.5, 0.6) is 5.75 Å². The molecule has 0 aliphatic heterocycles. The number of benzene rings is 2. The third kappa shape index (κ3) is 4.00. The molecule has 0 unspecified atom stereocenters. The van der Waals surface area contributed by atoms with E-state index in [0.29, 0.717) is 39.2 Å². The number of hydrogen-bond acceptors (Lipinski definition) is 5. The maximum atomic E-state index is 13.2. The minimum atomic E-state index is -0.191. The number of methoxy groups -OCH3 is 1. The third-order valence-electron chi connectivity index (χ3n) is 5.04. The summed E-state index contributed by atoms with van der Waals surface area (Å²) in [6, 6.07) is 12.5. The van der Waals surface area contributed by atoms with Gasteiger partial charge in [-0.1, -0.05) is 23.4 Å². The summed E-state index contributed by atoms with van der Waals surface area (Å²) in [5, 5.41) is 4.76. The summed E-state index contributed by atoms with van der Waals surface area (Å²) < 4.78 is 8.79. The van der Waals surface area contributed by atoms with E-state index in [1.54, 1.807) is 35.9 Å². The van der Waals surface area contributed by atoms with Crippen LogP contribution in [0.4, 0.5) is 5.69 Å². The fourth-order valence-electron chi connectivity index (χ4n) is 3.51. The molecular weight excluding hydrogens is 436 g/mol. The molecule has 1 amide bonds. The van der Waals surface area contributed by atoms with Crippen molar-refractivity contribution in [2.24, 2.45) is 7.05 Å². The van der Waals surface area contributed by atoms with Crippen molar-refractivity contribution in [3.05, 3.63) is 57.8 Å². The number of halogens is 1. The number of thioether (sulfide) groups is 1. The molecule has 31 heavy (non-hydrogen) atoms. The van der Waals surface area contributed by atoms with Gasteiger partial charge in [0.15, 0.2) is 5.16 Å². The van der Waals surface area contributed by atoms with Crippen LogP contribution in [-0.4, -0.2) is 32.9 Å². The standard InChI is InChI=1S/C22H21ClN4O3S/c1-4-27-21(29)20-19(16-11-15(30-3)9-10-17(16)26(20)2)25-22(27)31-12-18(28)24-14-7-5-13(23)6-8-14/h5-11H,4,12H2,1-3H3,(H,24,28). The zero-order valence-electron chi connectivity index (χ0n) is 17.3. The number of aryl methyl sites for hydroxylation is 1. The van der Waals surface area contributed by atoms with Crippen LogP contribution < -0.4 is 15.6 Å². The second kappa shape index (κ2) is 8.64. The van der Waals surface area contributed by atoms with Crippen molar-refractivity contribution in [3.63, 3.8) is 0 Å². The van der Waals surface area contributed by atoms with E-state index in [4.69, 9.17) is 21.3 Å². The van der Waals surface area contributed by atoms with Gasteiger partial charge in [0.2, 0.25) is 5.91 Å². The van der Waals surface area contributed by atoms with E-state index in [1.165, 1.54) is 11.8 Å². The molecule has 0 aliphatic carbocycles. The van der Waals surface area contributed by atoms with Crippen molar-refractivity contribution in [2.45, 2.75) is 18.6 Å². The number of hydrogen-bond donors (Lipinski definition) is 1. The molecule has 2 aromatic carbocycles. The molecule has 1 N–H and O–H groups in total. The van der Waals surface area contributed by atoms with Gasteiger partial charge in [0.05, 0.1) is 18.4 Å². The van der Waals surface area contributed by atoms with Crippen LogP contribution in [0, 0.1) is 0 Å². The maximum Gasteiger partial charge on any atom is 0.278 e. The summed E-state index contributed by atoms with van der Waals surface area (Å²) in [4.78, 5) is 30.4. The predicted octanol–water partition coefficient (Wildman–Crippen LogP) is 4.30. The number of ether oxygens (including phenoxy) is 1. The Morgan fingerprint density at radius 2 is 1.97 bits per heavy atom. The second-order valence-electron chi connectivity index (χ2n) is 6.93. The largest absolute Gasteiger partial charge is 0.497 e. The van der Waals surface area contributed by atoms with Gasteiger partial charge in [-0.2, -0.15) is 0 Å². The highest BCUT2D eigenvalue weighted by Gasteiger charge is 2.19. The normalized spacial score (nSPS) is 11.2. The van der Waals surface area contributed by atoms with E-state index in [9.17, 15) is 9.59 Å². The molecule has 0 aliphatic rings. The van der Waals surface area contributed by atoms with Gasteiger partial charge in [-0.3, -0.25) is 14.2 Å². The van der Waals surface area contributed by atoms with Crippen LogP contribution in [0.25, 0.3) is 21.9 Å². The Hall–Kier alpha value is -2.97. The SMILES string of the molecule is CCn1c(SCC(=O)Nc2ccc(Cl)cc2)nc2c3cc(OC)ccc3n(C)c2c1=O. The molecule has 0 atom stereocenters. The number of aromatic nitrogens is 3. The zero-order chi connectivity index (χ0) is 22.1. The number of carbonyl (C=O) groups is 1. The molecule has 0 fully saturated rings. The average Bonchev–Trinajstić information content (AvgIpc) is 3.05. The molecule has 4 aromatic rings. The Labute approximate surface area is 188 Å². The highest BCUT2D eigenvalue weighted by atomic mass is 35.5. The quantitative estimate of drug-likeness (QED) is 0.345. The first-order valence-electron chi connectivity index (χ1n) is 9.68. The number of anilines is 1. The van der Waals surface area contributed by atoms with E-state index in [2.05, 4.69) is 5.32 Å². The van der Waals surface area contributed by atoms with Crippen LogP contribution in [0.15, 0.2) is 52.4 Å². The van der Waals surface area contributed by atoms with Crippen molar-refractivity contribution >= 4 is 56.9 Å². The third-order valence-corrected chi connectivity index (χ3v) is 6.27. The van der Waals surface area contributed by atoms with Crippen LogP contribution in [0.1, 0.15) is 6.92 Å². The minimum absolute atomic E-state index is 0.120. The summed E-state index contributed by atoms with van der Waals surface area (Å²) in [5.74, 6) is 0.621. The van der Waals surface area contributed by atoms with Crippen molar-refractivity contribution < 1.29 is 9.53 Å². The molecule has 2 aromatic heterocycles. The Morgan fingerprint density at radius 3 is 2.65 bits per heavy atom. The van der Waals surface area contributed by atoms with Crippen LogP contribution in [-0.2, 0) is 18.4 Å². The topological polar surface area (TPSA) is 78.2 Å². The molecule has 0 saturated heterocycles. The number of nitrogens with zero attached hydrogens (tertiary/aromatic N) is 3. The van der Waals surface area contributed by atoms with Gasteiger partial charge in [-0.05, 0) is 49.4 Å². The monoisotopic (exact) mass is 456 g/mol. The minimum Gasteiger partial charge on any atom is -0.497 e. The maximum absolute atomic E-state index is 13.2. The summed E-state index contributed by atoms with van der Waals surface area (Å²) in [5.41, 5.74) is 2.55. The summed E-state index contributed by atoms with van der Waals surface area (Å²) in [7, 11) is 3.46. The number of carbonyl (C=O) groups excluding carboxylic acids is 1. The molecule has 7 nitrogen and oxygen atoms in total. The highest BCUT2D eigenvalue weighted by molar-refractivity contribution is 7.99. The molecule has 2 heterocycles. The first-order valence-corrected chi connectivity index (χ1v) is 11.0. The van der Waals surface area contributed by atoms with Crippen LogP contribution in [0.2, 0.25) is 5.02 Å². The molecular formula is C22H21ClN4O3S. The van der Waals surface area contributed by atoms with E-state index in [0.717, 1.165) is 10.9 Å². The van der Waals surface area contributed by atoms with E-state index in [1.807, 2.05) is 36.7 Å². The predicted molar refractivity (Wildman–Crippen MR) is 126 cm³/mol. The number of nitrogens with one attached hydrogen (secondary N) is 1. The Morgan fingerprint density at radius 1 is 1.23 bits per heavy atom. The van der Waals surface area contributed by atoms with Crippen molar-refractivity contribution in [1.82, 2.24) is 14.1 Å². The van der Waals surface area contributed by atoms with Crippen molar-refractivity contribution in [3.8, 4) is 5.75 Å². The Balaban J connectivity index is 1.69. The lowest BCUT2D eigenvalue weighted by Crippen LogP contribution is -2.24. The Bertz CT molecular complexity index is 1350. The van der Waals surface area contributed by atoms with Crippen LogP contribution >= 0.6 is 23.4 Å². The average molecular weight is 457 g/mol. The number of rotatable bonds is 6. The highest BCUT2D eigenvalue weighted by Crippen LogP contribution is 2.30. The Kier molecular flexibility index (Phi) is 5.93. The van der Waals surface area contributed by atoms with Gasteiger partial charge in [0, 0.05) is 29.7 Å². The van der Waals surface area contributed by atoms with Gasteiger partial charge in [-0.15, -0.1) is 0 Å². The van der Waals surface area contributed by atoms with Gasteiger partial charge in [0.25, 0.3) is 5.56 Å².